The molecule has 0 amide bonds. The summed E-state index contributed by atoms with van der Waals surface area (Å²) in [7, 11) is 0. The van der Waals surface area contributed by atoms with Crippen LogP contribution in [0.1, 0.15) is 0 Å². The van der Waals surface area contributed by atoms with Gasteiger partial charge in [-0.25, -0.2) is 9.97 Å². The van der Waals surface area contributed by atoms with E-state index in [1.807, 2.05) is 23.5 Å². The first-order valence-corrected chi connectivity index (χ1v) is 17.0. The normalized spacial score (nSPS) is 11.8. The van der Waals surface area contributed by atoms with E-state index in [4.69, 9.17) is 9.97 Å². The molecule has 0 aliphatic heterocycles. The van der Waals surface area contributed by atoms with Crippen molar-refractivity contribution in [3.63, 3.8) is 0 Å². The average molecular weight is 630 g/mol. The zero-order valence-electron chi connectivity index (χ0n) is 25.8. The average Bonchev–Trinajstić information content (AvgIpc) is 3.74. The lowest BCUT2D eigenvalue weighted by atomic mass is 9.96. The first-order valence-electron chi connectivity index (χ1n) is 16.2. The van der Waals surface area contributed by atoms with Gasteiger partial charge in [-0.2, -0.15) is 0 Å². The summed E-state index contributed by atoms with van der Waals surface area (Å²) in [5.74, 6) is 0.936. The number of pyridine rings is 1. The van der Waals surface area contributed by atoms with Gasteiger partial charge in [-0.15, -0.1) is 11.3 Å². The zero-order chi connectivity index (χ0) is 31.6. The molecule has 10 aromatic rings. The first kappa shape index (κ1) is 27.1. The van der Waals surface area contributed by atoms with Crippen LogP contribution in [0.4, 0.5) is 0 Å². The van der Waals surface area contributed by atoms with Gasteiger partial charge >= 0.3 is 0 Å². The second kappa shape index (κ2) is 10.7. The van der Waals surface area contributed by atoms with Crippen LogP contribution in [0.2, 0.25) is 0 Å². The van der Waals surface area contributed by atoms with Gasteiger partial charge in [0.05, 0.1) is 22.2 Å². The summed E-state index contributed by atoms with van der Waals surface area (Å²) in [6.07, 6.45) is 0. The second-order valence-corrected chi connectivity index (χ2v) is 13.2. The van der Waals surface area contributed by atoms with E-state index in [0.29, 0.717) is 0 Å². The number of aromatic nitrogens is 3. The molecule has 0 fully saturated rings. The van der Waals surface area contributed by atoms with Gasteiger partial charge in [-0.3, -0.25) is 4.57 Å². The van der Waals surface area contributed by atoms with Gasteiger partial charge in [0, 0.05) is 47.8 Å². The summed E-state index contributed by atoms with van der Waals surface area (Å²) < 4.78 is 4.84. The van der Waals surface area contributed by atoms with Crippen LogP contribution in [0.25, 0.3) is 92.3 Å². The van der Waals surface area contributed by atoms with E-state index in [1.54, 1.807) is 0 Å². The van der Waals surface area contributed by atoms with Crippen LogP contribution < -0.4 is 0 Å². The number of hydrogen-bond donors (Lipinski definition) is 0. The van der Waals surface area contributed by atoms with Crippen molar-refractivity contribution in [2.45, 2.75) is 0 Å². The molecular weight excluding hydrogens is 603 g/mol. The molecular formula is C44H27N3S. The van der Waals surface area contributed by atoms with Gasteiger partial charge in [0.1, 0.15) is 5.82 Å². The highest BCUT2D eigenvalue weighted by molar-refractivity contribution is 7.26. The van der Waals surface area contributed by atoms with Crippen molar-refractivity contribution in [3.8, 4) is 39.5 Å². The van der Waals surface area contributed by atoms with Gasteiger partial charge in [0.15, 0.2) is 0 Å². The fourth-order valence-corrected chi connectivity index (χ4v) is 8.37. The molecule has 4 heteroatoms. The predicted molar refractivity (Wildman–Crippen MR) is 203 cm³/mol. The van der Waals surface area contributed by atoms with E-state index in [1.165, 1.54) is 41.9 Å². The van der Waals surface area contributed by atoms with Gasteiger partial charge in [0.25, 0.3) is 0 Å². The van der Waals surface area contributed by atoms with Crippen molar-refractivity contribution in [1.29, 1.82) is 0 Å². The Morgan fingerprint density at radius 2 is 1.02 bits per heavy atom. The summed E-state index contributed by atoms with van der Waals surface area (Å²) in [4.78, 5) is 10.3. The molecule has 3 aromatic heterocycles. The monoisotopic (exact) mass is 629 g/mol. The maximum absolute atomic E-state index is 5.29. The summed E-state index contributed by atoms with van der Waals surface area (Å²) >= 11 is 1.86. The lowest BCUT2D eigenvalue weighted by Gasteiger charge is -2.12. The molecule has 0 saturated heterocycles. The number of para-hydroxylation sites is 4. The van der Waals surface area contributed by atoms with E-state index in [9.17, 15) is 0 Å². The molecule has 0 saturated carbocycles. The van der Waals surface area contributed by atoms with Crippen LogP contribution in [-0.4, -0.2) is 14.5 Å². The van der Waals surface area contributed by atoms with Crippen LogP contribution in [0, 0.1) is 0 Å². The molecule has 0 bridgehead atoms. The lowest BCUT2D eigenvalue weighted by Crippen LogP contribution is -1.97. The Balaban J connectivity index is 1.07. The molecule has 3 heterocycles. The summed E-state index contributed by atoms with van der Waals surface area (Å²) in [5, 5.41) is 6.25. The van der Waals surface area contributed by atoms with Crippen molar-refractivity contribution < 1.29 is 0 Å². The topological polar surface area (TPSA) is 30.7 Å². The van der Waals surface area contributed by atoms with Crippen molar-refractivity contribution in [3.05, 3.63) is 164 Å². The third kappa shape index (κ3) is 4.20. The Morgan fingerprint density at radius 1 is 0.417 bits per heavy atom. The summed E-state index contributed by atoms with van der Waals surface area (Å²) in [6.45, 7) is 0. The largest absolute Gasteiger partial charge is 0.292 e. The maximum atomic E-state index is 5.29. The van der Waals surface area contributed by atoms with Gasteiger partial charge in [0.2, 0.25) is 0 Å². The number of rotatable bonds is 4. The van der Waals surface area contributed by atoms with E-state index < -0.39 is 0 Å². The molecule has 3 nitrogen and oxygen atoms in total. The van der Waals surface area contributed by atoms with Gasteiger partial charge in [-0.1, -0.05) is 127 Å². The minimum Gasteiger partial charge on any atom is -0.292 e. The van der Waals surface area contributed by atoms with E-state index in [-0.39, 0.29) is 0 Å². The Labute approximate surface area is 281 Å². The Morgan fingerprint density at radius 3 is 1.81 bits per heavy atom. The summed E-state index contributed by atoms with van der Waals surface area (Å²) in [6, 6.07) is 58.2. The fourth-order valence-electron chi connectivity index (χ4n) is 7.12. The highest BCUT2D eigenvalue weighted by Crippen LogP contribution is 2.43. The zero-order valence-corrected chi connectivity index (χ0v) is 26.7. The molecule has 224 valence electrons. The molecule has 0 N–H and O–H groups in total. The van der Waals surface area contributed by atoms with Crippen LogP contribution in [0.3, 0.4) is 0 Å². The van der Waals surface area contributed by atoms with Gasteiger partial charge in [-0.05, 0) is 52.9 Å². The third-order valence-electron chi connectivity index (χ3n) is 9.42. The maximum Gasteiger partial charge on any atom is 0.145 e. The number of fused-ring (bicyclic) bond motifs is 8. The first-order chi connectivity index (χ1) is 23.8. The number of nitrogens with zero attached hydrogens (tertiary/aromatic N) is 3. The van der Waals surface area contributed by atoms with Crippen LogP contribution in [0.5, 0.6) is 0 Å². The highest BCUT2D eigenvalue weighted by atomic mass is 32.1. The van der Waals surface area contributed by atoms with E-state index >= 15 is 0 Å². The number of thiophene rings is 1. The summed E-state index contributed by atoms with van der Waals surface area (Å²) in [5.41, 5.74) is 9.75. The number of imidazole rings is 1. The number of benzene rings is 7. The minimum absolute atomic E-state index is 0.936. The minimum atomic E-state index is 0.936. The number of hydrogen-bond acceptors (Lipinski definition) is 3. The molecule has 7 aromatic carbocycles. The van der Waals surface area contributed by atoms with Crippen molar-refractivity contribution in [1.82, 2.24) is 14.5 Å². The van der Waals surface area contributed by atoms with Crippen LogP contribution in [0.15, 0.2) is 164 Å². The van der Waals surface area contributed by atoms with E-state index in [0.717, 1.165) is 50.4 Å². The Bertz CT molecular complexity index is 2810. The molecule has 0 aliphatic rings. The lowest BCUT2D eigenvalue weighted by molar-refractivity contribution is 1.10. The molecule has 0 unspecified atom stereocenters. The molecule has 0 spiro atoms. The second-order valence-electron chi connectivity index (χ2n) is 12.2. The Kier molecular flexibility index (Phi) is 6.05. The van der Waals surface area contributed by atoms with Crippen molar-refractivity contribution in [2.75, 3.05) is 0 Å². The molecule has 10 rings (SSSR count). The molecule has 0 atom stereocenters. The standard InChI is InChI=1S/C44H27N3S/c1-2-10-32(11-3-1)47-39-16-8-7-15-38(39)46-44(47)31-24-20-29(21-25-31)28-18-22-30(23-19-28)42-41-35(33-12-4-6-14-37(33)45-42)26-27-36-34-13-5-9-17-40(34)48-43(36)41/h1-27H. The smallest absolute Gasteiger partial charge is 0.145 e. The van der Waals surface area contributed by atoms with Crippen molar-refractivity contribution in [2.24, 2.45) is 0 Å². The van der Waals surface area contributed by atoms with Gasteiger partial charge < -0.3 is 0 Å². The van der Waals surface area contributed by atoms with E-state index in [2.05, 4.69) is 156 Å². The SMILES string of the molecule is c1ccc(-n2c(-c3ccc(-c4ccc(-c5nc6ccccc6c6ccc7c8ccccc8sc7c56)cc4)cc3)nc3ccccc32)cc1. The fraction of sp³-hybridized carbons (Fsp3) is 0. The highest BCUT2D eigenvalue weighted by Gasteiger charge is 2.17. The van der Waals surface area contributed by atoms with Crippen LogP contribution >= 0.6 is 11.3 Å². The predicted octanol–water partition coefficient (Wildman–Crippen LogP) is 12.1. The molecule has 0 aliphatic carbocycles. The molecule has 48 heavy (non-hydrogen) atoms. The third-order valence-corrected chi connectivity index (χ3v) is 10.6. The van der Waals surface area contributed by atoms with Crippen molar-refractivity contribution >= 4 is 64.2 Å². The van der Waals surface area contributed by atoms with Crippen LogP contribution in [-0.2, 0) is 0 Å². The molecule has 0 radical (unpaired) electrons. The Hall–Kier alpha value is -6.10. The quantitative estimate of drug-likeness (QED) is 0.181.